The Kier molecular flexibility index (Phi) is 9.35. The fraction of sp³-hybridized carbons (Fsp3) is 1.00. The van der Waals surface area contributed by atoms with Crippen LogP contribution in [0.25, 0.3) is 0 Å². The van der Waals surface area contributed by atoms with Gasteiger partial charge in [-0.2, -0.15) is 0 Å². The lowest BCUT2D eigenvalue weighted by molar-refractivity contribution is 0.199. The zero-order chi connectivity index (χ0) is 10.8. The smallest absolute Gasteiger partial charge is 0.0443 e. The highest BCUT2D eigenvalue weighted by Crippen LogP contribution is 1.93. The van der Waals surface area contributed by atoms with Gasteiger partial charge in [0.05, 0.1) is 0 Å². The van der Waals surface area contributed by atoms with Crippen LogP contribution in [0.5, 0.6) is 0 Å². The van der Waals surface area contributed by atoms with Crippen LogP contribution in [0.2, 0.25) is 0 Å². The molecule has 0 radical (unpaired) electrons. The molecule has 0 rings (SSSR count). The molecular formula is C11H26N2O. The number of hydrogen-bond donors (Lipinski definition) is 1. The van der Waals surface area contributed by atoms with E-state index in [4.69, 9.17) is 5.11 Å². The molecule has 14 heavy (non-hydrogen) atoms. The third kappa shape index (κ3) is 6.35. The highest BCUT2D eigenvalue weighted by molar-refractivity contribution is 4.60. The predicted octanol–water partition coefficient (Wildman–Crippen LogP) is 1.03. The standard InChI is InChI=1S/C11H26N2O/c1-4-12(5-2)9-10-13(6-3)8-7-11-14/h14H,4-11H2,1-3H3. The van der Waals surface area contributed by atoms with Gasteiger partial charge in [-0.25, -0.2) is 0 Å². The van der Waals surface area contributed by atoms with Crippen molar-refractivity contribution in [2.75, 3.05) is 45.9 Å². The number of aliphatic hydroxyl groups is 1. The molecule has 0 atom stereocenters. The Morgan fingerprint density at radius 2 is 1.29 bits per heavy atom. The molecule has 0 unspecified atom stereocenters. The molecule has 86 valence electrons. The van der Waals surface area contributed by atoms with Crippen LogP contribution in [0.3, 0.4) is 0 Å². The number of likely N-dealkylation sites (N-methyl/N-ethyl adjacent to an activating group) is 2. The normalized spacial score (nSPS) is 11.6. The van der Waals surface area contributed by atoms with Gasteiger partial charge < -0.3 is 14.9 Å². The minimum atomic E-state index is 0.307. The minimum Gasteiger partial charge on any atom is -0.396 e. The lowest BCUT2D eigenvalue weighted by atomic mass is 10.3. The number of rotatable bonds is 9. The van der Waals surface area contributed by atoms with Crippen molar-refractivity contribution in [2.45, 2.75) is 27.2 Å². The maximum Gasteiger partial charge on any atom is 0.0443 e. The van der Waals surface area contributed by atoms with Crippen LogP contribution in [0, 0.1) is 0 Å². The van der Waals surface area contributed by atoms with Crippen LogP contribution in [-0.4, -0.2) is 60.8 Å². The van der Waals surface area contributed by atoms with Gasteiger partial charge in [0.25, 0.3) is 0 Å². The van der Waals surface area contributed by atoms with Crippen LogP contribution in [0.4, 0.5) is 0 Å². The molecule has 0 heterocycles. The molecule has 0 saturated heterocycles. The molecule has 0 spiro atoms. The molecule has 1 N–H and O–H groups in total. The van der Waals surface area contributed by atoms with Crippen LogP contribution < -0.4 is 0 Å². The van der Waals surface area contributed by atoms with Gasteiger partial charge in [-0.05, 0) is 26.1 Å². The number of hydrogen-bond acceptors (Lipinski definition) is 3. The summed E-state index contributed by atoms with van der Waals surface area (Å²) in [6.45, 7) is 13.5. The van der Waals surface area contributed by atoms with E-state index in [1.165, 1.54) is 0 Å². The Balaban J connectivity index is 3.59. The van der Waals surface area contributed by atoms with Gasteiger partial charge >= 0.3 is 0 Å². The van der Waals surface area contributed by atoms with Crippen molar-refractivity contribution in [1.29, 1.82) is 0 Å². The van der Waals surface area contributed by atoms with Crippen LogP contribution >= 0.6 is 0 Å². The Morgan fingerprint density at radius 3 is 1.71 bits per heavy atom. The maximum atomic E-state index is 8.74. The van der Waals surface area contributed by atoms with E-state index in [9.17, 15) is 0 Å². The summed E-state index contributed by atoms with van der Waals surface area (Å²) in [5.74, 6) is 0. The van der Waals surface area contributed by atoms with Gasteiger partial charge in [0.15, 0.2) is 0 Å². The van der Waals surface area contributed by atoms with Crippen LogP contribution in [0.1, 0.15) is 27.2 Å². The SMILES string of the molecule is CCN(CC)CCN(CC)CCCO. The first-order valence-electron chi connectivity index (χ1n) is 5.83. The first kappa shape index (κ1) is 13.9. The molecular weight excluding hydrogens is 176 g/mol. The van der Waals surface area contributed by atoms with Crippen molar-refractivity contribution in [3.05, 3.63) is 0 Å². The van der Waals surface area contributed by atoms with E-state index in [0.29, 0.717) is 6.61 Å². The lowest BCUT2D eigenvalue weighted by Crippen LogP contribution is -2.35. The van der Waals surface area contributed by atoms with Crippen molar-refractivity contribution >= 4 is 0 Å². The Labute approximate surface area is 88.7 Å². The van der Waals surface area contributed by atoms with Crippen molar-refractivity contribution < 1.29 is 5.11 Å². The van der Waals surface area contributed by atoms with E-state index in [2.05, 4.69) is 30.6 Å². The summed E-state index contributed by atoms with van der Waals surface area (Å²) in [7, 11) is 0. The fourth-order valence-electron chi connectivity index (χ4n) is 1.55. The third-order valence-corrected chi connectivity index (χ3v) is 2.71. The van der Waals surface area contributed by atoms with E-state index >= 15 is 0 Å². The zero-order valence-corrected chi connectivity index (χ0v) is 10.00. The fourth-order valence-corrected chi connectivity index (χ4v) is 1.55. The second kappa shape index (κ2) is 9.44. The summed E-state index contributed by atoms with van der Waals surface area (Å²) in [5, 5.41) is 8.74. The van der Waals surface area contributed by atoms with Gasteiger partial charge in [0.2, 0.25) is 0 Å². The van der Waals surface area contributed by atoms with Crippen molar-refractivity contribution in [1.82, 2.24) is 9.80 Å². The number of aliphatic hydroxyl groups excluding tert-OH is 1. The van der Waals surface area contributed by atoms with Crippen LogP contribution in [0.15, 0.2) is 0 Å². The quantitative estimate of drug-likeness (QED) is 0.605. The van der Waals surface area contributed by atoms with E-state index in [1.54, 1.807) is 0 Å². The first-order valence-corrected chi connectivity index (χ1v) is 5.83. The molecule has 3 heteroatoms. The molecule has 0 bridgehead atoms. The number of nitrogens with zero attached hydrogens (tertiary/aromatic N) is 2. The lowest BCUT2D eigenvalue weighted by Gasteiger charge is -2.24. The second-order valence-electron chi connectivity index (χ2n) is 3.54. The molecule has 0 fully saturated rings. The average Bonchev–Trinajstić information content (AvgIpc) is 2.23. The molecule has 0 aliphatic carbocycles. The average molecular weight is 202 g/mol. The van der Waals surface area contributed by atoms with Gasteiger partial charge in [-0.15, -0.1) is 0 Å². The monoisotopic (exact) mass is 202 g/mol. The summed E-state index contributed by atoms with van der Waals surface area (Å²) < 4.78 is 0. The summed E-state index contributed by atoms with van der Waals surface area (Å²) in [6.07, 6.45) is 0.895. The largest absolute Gasteiger partial charge is 0.396 e. The van der Waals surface area contributed by atoms with Crippen molar-refractivity contribution in [2.24, 2.45) is 0 Å². The zero-order valence-electron chi connectivity index (χ0n) is 10.00. The second-order valence-corrected chi connectivity index (χ2v) is 3.54. The highest BCUT2D eigenvalue weighted by atomic mass is 16.3. The molecule has 0 aromatic heterocycles. The summed E-state index contributed by atoms with van der Waals surface area (Å²) in [4.78, 5) is 4.83. The van der Waals surface area contributed by atoms with E-state index in [-0.39, 0.29) is 0 Å². The van der Waals surface area contributed by atoms with E-state index in [1.807, 2.05) is 0 Å². The Morgan fingerprint density at radius 1 is 0.786 bits per heavy atom. The summed E-state index contributed by atoms with van der Waals surface area (Å²) in [5.41, 5.74) is 0. The van der Waals surface area contributed by atoms with Gasteiger partial charge in [0.1, 0.15) is 0 Å². The van der Waals surface area contributed by atoms with Crippen LogP contribution in [-0.2, 0) is 0 Å². The van der Waals surface area contributed by atoms with Crippen molar-refractivity contribution in [3.63, 3.8) is 0 Å². The van der Waals surface area contributed by atoms with E-state index in [0.717, 1.165) is 45.7 Å². The minimum absolute atomic E-state index is 0.307. The molecule has 0 aromatic rings. The Hall–Kier alpha value is -0.120. The van der Waals surface area contributed by atoms with E-state index < -0.39 is 0 Å². The highest BCUT2D eigenvalue weighted by Gasteiger charge is 2.04. The summed E-state index contributed by atoms with van der Waals surface area (Å²) >= 11 is 0. The molecule has 3 nitrogen and oxygen atoms in total. The van der Waals surface area contributed by atoms with Gasteiger partial charge in [-0.3, -0.25) is 0 Å². The topological polar surface area (TPSA) is 26.7 Å². The van der Waals surface area contributed by atoms with Gasteiger partial charge in [0, 0.05) is 26.2 Å². The van der Waals surface area contributed by atoms with Crippen molar-refractivity contribution in [3.8, 4) is 0 Å². The third-order valence-electron chi connectivity index (χ3n) is 2.71. The first-order chi connectivity index (χ1) is 6.78. The molecule has 0 aromatic carbocycles. The van der Waals surface area contributed by atoms with Gasteiger partial charge in [-0.1, -0.05) is 20.8 Å². The molecule has 0 aliphatic rings. The predicted molar refractivity (Wildman–Crippen MR) is 61.6 cm³/mol. The maximum absolute atomic E-state index is 8.74. The molecule has 0 saturated carbocycles. The summed E-state index contributed by atoms with van der Waals surface area (Å²) in [6, 6.07) is 0. The Bertz CT molecular complexity index is 116. The molecule has 0 amide bonds. The molecule has 0 aliphatic heterocycles.